The fraction of sp³-hybridized carbons (Fsp3) is 0.364. The Bertz CT molecular complexity index is 385. The van der Waals surface area contributed by atoms with Gasteiger partial charge in [0, 0.05) is 11.1 Å². The average molecular weight is 303 g/mol. The summed E-state index contributed by atoms with van der Waals surface area (Å²) in [5.41, 5.74) is 5.61. The zero-order valence-corrected chi connectivity index (χ0v) is 11.1. The first kappa shape index (κ1) is 13.8. The van der Waals surface area contributed by atoms with Crippen LogP contribution in [0, 0.1) is 0 Å². The van der Waals surface area contributed by atoms with Crippen molar-refractivity contribution in [1.29, 1.82) is 0 Å². The molecule has 0 saturated carbocycles. The van der Waals surface area contributed by atoms with Crippen molar-refractivity contribution in [1.82, 2.24) is 0 Å². The topological polar surface area (TPSA) is 73.6 Å². The number of ether oxygens (including phenoxy) is 2. The van der Waals surface area contributed by atoms with Crippen molar-refractivity contribution in [3.05, 3.63) is 22.7 Å². The maximum absolute atomic E-state index is 10.8. The minimum absolute atomic E-state index is 0.420. The predicted octanol–water partition coefficient (Wildman–Crippen LogP) is 2.35. The van der Waals surface area contributed by atoms with Gasteiger partial charge in [-0.2, -0.15) is 0 Å². The van der Waals surface area contributed by atoms with Gasteiger partial charge in [0.05, 0.1) is 12.3 Å². The van der Waals surface area contributed by atoms with Crippen molar-refractivity contribution < 1.29 is 14.3 Å². The smallest absolute Gasteiger partial charge is 0.316 e. The van der Waals surface area contributed by atoms with E-state index >= 15 is 0 Å². The Morgan fingerprint density at radius 1 is 1.47 bits per heavy atom. The molecule has 0 aliphatic carbocycles. The maximum Gasteiger partial charge on any atom is 0.316 e. The van der Waals surface area contributed by atoms with Crippen LogP contribution in [0.5, 0.6) is 5.75 Å². The molecular weight excluding hydrogens is 288 g/mol. The molecule has 1 aromatic carbocycles. The molecule has 6 heteroatoms. The van der Waals surface area contributed by atoms with Crippen LogP contribution in [0.3, 0.4) is 0 Å². The van der Waals surface area contributed by atoms with Gasteiger partial charge in [0.25, 0.3) is 0 Å². The number of carbonyl (C=O) groups is 1. The van der Waals surface area contributed by atoms with E-state index in [0.717, 1.165) is 4.47 Å². The second kappa shape index (κ2) is 7.13. The van der Waals surface area contributed by atoms with E-state index in [2.05, 4.69) is 21.2 Å². The Labute approximate surface area is 108 Å². The highest BCUT2D eigenvalue weighted by atomic mass is 79.9. The zero-order valence-electron chi connectivity index (χ0n) is 9.53. The summed E-state index contributed by atoms with van der Waals surface area (Å²) < 4.78 is 11.5. The van der Waals surface area contributed by atoms with Crippen molar-refractivity contribution in [2.24, 2.45) is 5.73 Å². The molecule has 0 unspecified atom stereocenters. The summed E-state index contributed by atoms with van der Waals surface area (Å²) >= 11 is 3.31. The summed E-state index contributed by atoms with van der Waals surface area (Å²) in [6.07, 6.45) is 0. The maximum atomic E-state index is 10.8. The molecule has 0 fully saturated rings. The third kappa shape index (κ3) is 5.06. The van der Waals surface area contributed by atoms with Crippen molar-refractivity contribution in [2.45, 2.75) is 6.92 Å². The zero-order chi connectivity index (χ0) is 12.7. The fourth-order valence-electron chi connectivity index (χ4n) is 1.21. The van der Waals surface area contributed by atoms with E-state index in [1.165, 1.54) is 0 Å². The molecule has 1 aromatic rings. The summed E-state index contributed by atoms with van der Waals surface area (Å²) in [5.74, 6) is 0.562. The number of benzene rings is 1. The second-order valence-electron chi connectivity index (χ2n) is 3.18. The number of hydrogen-bond acceptors (Lipinski definition) is 3. The van der Waals surface area contributed by atoms with Gasteiger partial charge in [0.15, 0.2) is 0 Å². The van der Waals surface area contributed by atoms with E-state index in [1.54, 1.807) is 12.1 Å². The summed E-state index contributed by atoms with van der Waals surface area (Å²) in [7, 11) is 0. The molecule has 5 nitrogen and oxygen atoms in total. The molecule has 0 aromatic heterocycles. The molecular formula is C11H15BrN2O3. The Morgan fingerprint density at radius 2 is 2.24 bits per heavy atom. The minimum atomic E-state index is -0.627. The number of rotatable bonds is 6. The third-order valence-electron chi connectivity index (χ3n) is 1.89. The standard InChI is InChI=1S/C11H15BrN2O3/c1-2-16-5-6-17-10-4-3-8(12)7-9(10)14-11(13)15/h3-4,7H,2,5-6H2,1H3,(H3,13,14,15). The molecule has 94 valence electrons. The average Bonchev–Trinajstić information content (AvgIpc) is 2.26. The van der Waals surface area contributed by atoms with Gasteiger partial charge >= 0.3 is 6.03 Å². The van der Waals surface area contributed by atoms with Gasteiger partial charge in [-0.15, -0.1) is 0 Å². The third-order valence-corrected chi connectivity index (χ3v) is 2.38. The van der Waals surface area contributed by atoms with Crippen LogP contribution in [-0.4, -0.2) is 25.9 Å². The first-order valence-corrected chi connectivity index (χ1v) is 5.99. The highest BCUT2D eigenvalue weighted by Gasteiger charge is 2.06. The van der Waals surface area contributed by atoms with Crippen molar-refractivity contribution >= 4 is 27.6 Å². The van der Waals surface area contributed by atoms with Crippen molar-refractivity contribution in [3.8, 4) is 5.75 Å². The van der Waals surface area contributed by atoms with Gasteiger partial charge in [-0.1, -0.05) is 15.9 Å². The number of hydrogen-bond donors (Lipinski definition) is 2. The van der Waals surface area contributed by atoms with Gasteiger partial charge in [-0.25, -0.2) is 4.79 Å². The van der Waals surface area contributed by atoms with Crippen LogP contribution in [0.4, 0.5) is 10.5 Å². The Kier molecular flexibility index (Phi) is 5.79. The van der Waals surface area contributed by atoms with Gasteiger partial charge in [-0.3, -0.25) is 0 Å². The van der Waals surface area contributed by atoms with Gasteiger partial charge in [0.2, 0.25) is 0 Å². The van der Waals surface area contributed by atoms with Crippen LogP contribution in [0.2, 0.25) is 0 Å². The van der Waals surface area contributed by atoms with Gasteiger partial charge < -0.3 is 20.5 Å². The molecule has 0 bridgehead atoms. The number of nitrogens with two attached hydrogens (primary N) is 1. The summed E-state index contributed by atoms with van der Waals surface area (Å²) in [5, 5.41) is 2.50. The molecule has 17 heavy (non-hydrogen) atoms. The molecule has 0 saturated heterocycles. The van der Waals surface area contributed by atoms with Gasteiger partial charge in [-0.05, 0) is 25.1 Å². The predicted molar refractivity (Wildman–Crippen MR) is 69.3 cm³/mol. The van der Waals surface area contributed by atoms with Crippen LogP contribution in [0.25, 0.3) is 0 Å². The van der Waals surface area contributed by atoms with Crippen molar-refractivity contribution in [2.75, 3.05) is 25.1 Å². The monoisotopic (exact) mass is 302 g/mol. The molecule has 0 aliphatic rings. The van der Waals surface area contributed by atoms with Crippen LogP contribution < -0.4 is 15.8 Å². The van der Waals surface area contributed by atoms with Crippen molar-refractivity contribution in [3.63, 3.8) is 0 Å². The minimum Gasteiger partial charge on any atom is -0.489 e. The number of halogens is 1. The fourth-order valence-corrected chi connectivity index (χ4v) is 1.57. The lowest BCUT2D eigenvalue weighted by Gasteiger charge is -2.11. The highest BCUT2D eigenvalue weighted by molar-refractivity contribution is 9.10. The molecule has 0 radical (unpaired) electrons. The lowest BCUT2D eigenvalue weighted by molar-refractivity contribution is 0.110. The van der Waals surface area contributed by atoms with E-state index in [1.807, 2.05) is 13.0 Å². The van der Waals surface area contributed by atoms with E-state index in [0.29, 0.717) is 31.3 Å². The molecule has 0 atom stereocenters. The highest BCUT2D eigenvalue weighted by Crippen LogP contribution is 2.28. The number of carbonyl (C=O) groups excluding carboxylic acids is 1. The number of primary amides is 1. The van der Waals surface area contributed by atoms with Crippen LogP contribution >= 0.6 is 15.9 Å². The van der Waals surface area contributed by atoms with Crippen LogP contribution in [0.15, 0.2) is 22.7 Å². The summed E-state index contributed by atoms with van der Waals surface area (Å²) in [4.78, 5) is 10.8. The number of anilines is 1. The van der Waals surface area contributed by atoms with Gasteiger partial charge in [0.1, 0.15) is 12.4 Å². The number of urea groups is 1. The lowest BCUT2D eigenvalue weighted by Crippen LogP contribution is -2.20. The Morgan fingerprint density at radius 3 is 2.88 bits per heavy atom. The van der Waals surface area contributed by atoms with Crippen LogP contribution in [-0.2, 0) is 4.74 Å². The Hall–Kier alpha value is -1.27. The molecule has 0 spiro atoms. The largest absolute Gasteiger partial charge is 0.489 e. The van der Waals surface area contributed by atoms with E-state index in [-0.39, 0.29) is 0 Å². The second-order valence-corrected chi connectivity index (χ2v) is 4.09. The molecule has 3 N–H and O–H groups in total. The number of amides is 2. The summed E-state index contributed by atoms with van der Waals surface area (Å²) in [6.45, 7) is 3.49. The van der Waals surface area contributed by atoms with E-state index in [4.69, 9.17) is 15.2 Å². The van der Waals surface area contributed by atoms with Crippen LogP contribution in [0.1, 0.15) is 6.92 Å². The lowest BCUT2D eigenvalue weighted by atomic mass is 10.3. The molecule has 0 aliphatic heterocycles. The first-order chi connectivity index (χ1) is 8.13. The first-order valence-electron chi connectivity index (χ1n) is 5.20. The quantitative estimate of drug-likeness (QED) is 0.792. The Balaban J connectivity index is 2.65. The normalized spacial score (nSPS) is 10.0. The molecule has 2 amide bonds. The molecule has 1 rings (SSSR count). The summed E-state index contributed by atoms with van der Waals surface area (Å²) in [6, 6.07) is 4.67. The van der Waals surface area contributed by atoms with E-state index < -0.39 is 6.03 Å². The molecule has 0 heterocycles. The SMILES string of the molecule is CCOCCOc1ccc(Br)cc1NC(N)=O. The number of nitrogens with one attached hydrogen (secondary N) is 1. The van der Waals surface area contributed by atoms with E-state index in [9.17, 15) is 4.79 Å².